The number of carbonyl (C=O) groups is 2. The second-order valence-electron chi connectivity index (χ2n) is 11.4. The van der Waals surface area contributed by atoms with E-state index < -0.39 is 12.1 Å². The zero-order valence-electron chi connectivity index (χ0n) is 25.2. The summed E-state index contributed by atoms with van der Waals surface area (Å²) in [5, 5.41) is 14.3. The van der Waals surface area contributed by atoms with Gasteiger partial charge in [0.1, 0.15) is 0 Å². The molecule has 1 unspecified atom stereocenters. The van der Waals surface area contributed by atoms with E-state index in [0.717, 1.165) is 60.3 Å². The van der Waals surface area contributed by atoms with E-state index in [-0.39, 0.29) is 23.7 Å². The highest BCUT2D eigenvalue weighted by Gasteiger charge is 2.38. The summed E-state index contributed by atoms with van der Waals surface area (Å²) in [6.07, 6.45) is -2.42. The maximum Gasteiger partial charge on any atom is 0.471 e. The Hall–Kier alpha value is -4.36. The highest BCUT2D eigenvalue weighted by atomic mass is 19.4. The molecule has 1 aliphatic rings. The molecule has 0 radical (unpaired) electrons. The third kappa shape index (κ3) is 8.38. The van der Waals surface area contributed by atoms with E-state index in [4.69, 9.17) is 0 Å². The maximum absolute atomic E-state index is 12.8. The average molecular weight is 606 g/mol. The summed E-state index contributed by atoms with van der Waals surface area (Å²) in [6, 6.07) is 22.2. The molecular formula is C34H38F3N5O2. The Bertz CT molecular complexity index is 1470. The number of amides is 2. The molecule has 2 amide bonds. The minimum atomic E-state index is -4.97. The smallest absolute Gasteiger partial charge is 0.364 e. The Morgan fingerprint density at radius 3 is 2.27 bits per heavy atom. The Balaban J connectivity index is 1.39. The second kappa shape index (κ2) is 14.4. The van der Waals surface area contributed by atoms with Gasteiger partial charge in [0.15, 0.2) is 0 Å². The van der Waals surface area contributed by atoms with Crippen LogP contribution in [0.3, 0.4) is 0 Å². The van der Waals surface area contributed by atoms with Crippen molar-refractivity contribution in [3.8, 4) is 6.07 Å². The zero-order chi connectivity index (χ0) is 31.9. The summed E-state index contributed by atoms with van der Waals surface area (Å²) < 4.78 is 38.1. The van der Waals surface area contributed by atoms with Gasteiger partial charge in [-0.2, -0.15) is 18.4 Å². The van der Waals surface area contributed by atoms with Crippen LogP contribution >= 0.6 is 0 Å². The van der Waals surface area contributed by atoms with Crippen LogP contribution in [0.2, 0.25) is 0 Å². The summed E-state index contributed by atoms with van der Waals surface area (Å²) >= 11 is 0. The lowest BCUT2D eigenvalue weighted by molar-refractivity contribution is -0.167. The molecule has 0 aliphatic carbocycles. The van der Waals surface area contributed by atoms with Crippen LogP contribution in [0.5, 0.6) is 0 Å². The molecule has 10 heteroatoms. The minimum Gasteiger partial charge on any atom is -0.364 e. The van der Waals surface area contributed by atoms with Gasteiger partial charge in [-0.1, -0.05) is 30.3 Å². The first-order valence-corrected chi connectivity index (χ1v) is 14.8. The molecule has 2 N–H and O–H groups in total. The van der Waals surface area contributed by atoms with Crippen molar-refractivity contribution in [2.75, 3.05) is 29.9 Å². The summed E-state index contributed by atoms with van der Waals surface area (Å²) in [5.74, 6) is -2.06. The molecule has 1 atom stereocenters. The van der Waals surface area contributed by atoms with Crippen molar-refractivity contribution in [2.24, 2.45) is 0 Å². The number of nitriles is 1. The van der Waals surface area contributed by atoms with Crippen LogP contribution in [0.1, 0.15) is 58.8 Å². The lowest BCUT2D eigenvalue weighted by atomic mass is 9.99. The molecule has 232 valence electrons. The van der Waals surface area contributed by atoms with Crippen molar-refractivity contribution in [1.82, 2.24) is 10.2 Å². The standard InChI is InChI=1S/C34H38F3N5O2/c1-23-6-4-7-24(2)31(23)32(43)39-17-14-25(3)41-18-15-30(16-19-41)42(22-27-9-5-8-26(20-27)21-38)29-12-10-28(11-13-29)40-33(44)34(35,36)37/h4-13,20,25,30H,14-19,22H2,1-3H3,(H,39,43)(H,40,44). The number of nitrogens with zero attached hydrogens (tertiary/aromatic N) is 3. The van der Waals surface area contributed by atoms with Crippen LogP contribution < -0.4 is 15.5 Å². The van der Waals surface area contributed by atoms with E-state index in [1.807, 2.05) is 55.6 Å². The molecule has 1 aliphatic heterocycles. The van der Waals surface area contributed by atoms with E-state index in [2.05, 4.69) is 28.1 Å². The fourth-order valence-corrected chi connectivity index (χ4v) is 5.78. The number of carbonyl (C=O) groups excluding carboxylic acids is 2. The fourth-order valence-electron chi connectivity index (χ4n) is 5.78. The Labute approximate surface area is 256 Å². The first-order valence-electron chi connectivity index (χ1n) is 14.8. The van der Waals surface area contributed by atoms with E-state index in [9.17, 15) is 28.0 Å². The molecule has 0 saturated carbocycles. The number of aryl methyl sites for hydroxylation is 2. The molecule has 44 heavy (non-hydrogen) atoms. The number of rotatable bonds is 10. The molecular weight excluding hydrogens is 567 g/mol. The molecule has 1 heterocycles. The van der Waals surface area contributed by atoms with Crippen LogP contribution in [0.15, 0.2) is 66.7 Å². The quantitative estimate of drug-likeness (QED) is 0.281. The molecule has 0 bridgehead atoms. The van der Waals surface area contributed by atoms with Crippen LogP contribution in [-0.4, -0.2) is 54.6 Å². The number of likely N-dealkylation sites (tertiary alicyclic amines) is 1. The van der Waals surface area contributed by atoms with Crippen molar-refractivity contribution >= 4 is 23.2 Å². The van der Waals surface area contributed by atoms with Crippen molar-refractivity contribution in [3.63, 3.8) is 0 Å². The molecule has 1 fully saturated rings. The van der Waals surface area contributed by atoms with Crippen LogP contribution in [0, 0.1) is 25.2 Å². The van der Waals surface area contributed by atoms with Gasteiger partial charge < -0.3 is 20.4 Å². The highest BCUT2D eigenvalue weighted by Crippen LogP contribution is 2.29. The van der Waals surface area contributed by atoms with Gasteiger partial charge in [-0.25, -0.2) is 0 Å². The second-order valence-corrected chi connectivity index (χ2v) is 11.4. The number of anilines is 2. The molecule has 1 saturated heterocycles. The third-order valence-corrected chi connectivity index (χ3v) is 8.24. The summed E-state index contributed by atoms with van der Waals surface area (Å²) in [5.41, 5.74) is 5.05. The lowest BCUT2D eigenvalue weighted by Gasteiger charge is -2.42. The number of hydrogen-bond acceptors (Lipinski definition) is 5. The number of piperidine rings is 1. The fraction of sp³-hybridized carbons (Fsp3) is 0.382. The van der Waals surface area contributed by atoms with Gasteiger partial charge in [0.2, 0.25) is 0 Å². The summed E-state index contributed by atoms with van der Waals surface area (Å²) in [7, 11) is 0. The van der Waals surface area contributed by atoms with Gasteiger partial charge in [-0.3, -0.25) is 9.59 Å². The van der Waals surface area contributed by atoms with Crippen molar-refractivity contribution in [1.29, 1.82) is 5.26 Å². The summed E-state index contributed by atoms with van der Waals surface area (Å²) in [6.45, 7) is 8.86. The van der Waals surface area contributed by atoms with Gasteiger partial charge >= 0.3 is 12.1 Å². The van der Waals surface area contributed by atoms with Crippen molar-refractivity contribution in [3.05, 3.63) is 94.5 Å². The lowest BCUT2D eigenvalue weighted by Crippen LogP contribution is -2.48. The first-order chi connectivity index (χ1) is 21.0. The van der Waals surface area contributed by atoms with E-state index in [1.54, 1.807) is 18.2 Å². The van der Waals surface area contributed by atoms with Crippen LogP contribution in [0.25, 0.3) is 0 Å². The minimum absolute atomic E-state index is 0.0494. The monoisotopic (exact) mass is 605 g/mol. The van der Waals surface area contributed by atoms with Gasteiger partial charge in [-0.05, 0) is 93.1 Å². The van der Waals surface area contributed by atoms with Gasteiger partial charge in [0, 0.05) is 55.2 Å². The molecule has 7 nitrogen and oxygen atoms in total. The summed E-state index contributed by atoms with van der Waals surface area (Å²) in [4.78, 5) is 28.8. The van der Waals surface area contributed by atoms with Gasteiger partial charge in [0.25, 0.3) is 5.91 Å². The molecule has 4 rings (SSSR count). The Kier molecular flexibility index (Phi) is 10.7. The van der Waals surface area contributed by atoms with Crippen LogP contribution in [-0.2, 0) is 11.3 Å². The molecule has 0 spiro atoms. The topological polar surface area (TPSA) is 88.5 Å². The predicted molar refractivity (Wildman–Crippen MR) is 165 cm³/mol. The first kappa shape index (κ1) is 32.6. The number of alkyl halides is 3. The number of halogens is 3. The largest absolute Gasteiger partial charge is 0.471 e. The van der Waals surface area contributed by atoms with Gasteiger partial charge in [0.05, 0.1) is 11.6 Å². The average Bonchev–Trinajstić information content (AvgIpc) is 3.00. The highest BCUT2D eigenvalue weighted by molar-refractivity contribution is 5.97. The molecule has 0 aromatic heterocycles. The maximum atomic E-state index is 12.8. The van der Waals surface area contributed by atoms with Crippen molar-refractivity contribution < 1.29 is 22.8 Å². The zero-order valence-corrected chi connectivity index (χ0v) is 25.2. The van der Waals surface area contributed by atoms with Crippen LogP contribution in [0.4, 0.5) is 24.5 Å². The third-order valence-electron chi connectivity index (χ3n) is 8.24. The normalized spacial score (nSPS) is 14.8. The number of nitrogens with one attached hydrogen (secondary N) is 2. The van der Waals surface area contributed by atoms with E-state index in [0.29, 0.717) is 18.7 Å². The Morgan fingerprint density at radius 1 is 1.02 bits per heavy atom. The molecule has 3 aromatic rings. The van der Waals surface area contributed by atoms with E-state index in [1.165, 1.54) is 12.1 Å². The van der Waals surface area contributed by atoms with Gasteiger partial charge in [-0.15, -0.1) is 0 Å². The molecule has 3 aromatic carbocycles. The SMILES string of the molecule is Cc1cccc(C)c1C(=O)NCCC(C)N1CCC(N(Cc2cccc(C#N)c2)c2ccc(NC(=O)C(F)(F)F)cc2)CC1. The van der Waals surface area contributed by atoms with E-state index >= 15 is 0 Å². The van der Waals surface area contributed by atoms with Crippen molar-refractivity contribution in [2.45, 2.75) is 64.8 Å². The number of hydrogen-bond donors (Lipinski definition) is 2. The predicted octanol–water partition coefficient (Wildman–Crippen LogP) is 6.36. The Morgan fingerprint density at radius 2 is 1.66 bits per heavy atom. The number of benzene rings is 3.